The van der Waals surface area contributed by atoms with Crippen LogP contribution in [0.4, 0.5) is 5.69 Å². The Morgan fingerprint density at radius 3 is 2.72 bits per heavy atom. The van der Waals surface area contributed by atoms with Crippen LogP contribution in [0.15, 0.2) is 40.2 Å². The van der Waals surface area contributed by atoms with Crippen molar-refractivity contribution in [1.29, 1.82) is 0 Å². The molecule has 0 atom stereocenters. The van der Waals surface area contributed by atoms with Crippen molar-refractivity contribution in [1.82, 2.24) is 5.32 Å². The SMILES string of the molecule is Cc1cc(NC(=O)COC(=O)CCNC(=O)c2cccs2)ccc1Br. The Hall–Kier alpha value is -2.19. The number of rotatable bonds is 7. The van der Waals surface area contributed by atoms with E-state index < -0.39 is 11.9 Å². The van der Waals surface area contributed by atoms with E-state index in [0.29, 0.717) is 10.6 Å². The number of benzene rings is 1. The van der Waals surface area contributed by atoms with Gasteiger partial charge in [-0.3, -0.25) is 14.4 Å². The average molecular weight is 425 g/mol. The Morgan fingerprint density at radius 2 is 2.04 bits per heavy atom. The van der Waals surface area contributed by atoms with E-state index in [1.54, 1.807) is 23.6 Å². The van der Waals surface area contributed by atoms with Crippen LogP contribution in [0, 0.1) is 6.92 Å². The zero-order valence-electron chi connectivity index (χ0n) is 13.5. The molecule has 0 spiro atoms. The van der Waals surface area contributed by atoms with Gasteiger partial charge in [-0.15, -0.1) is 11.3 Å². The summed E-state index contributed by atoms with van der Waals surface area (Å²) in [7, 11) is 0. The predicted molar refractivity (Wildman–Crippen MR) is 99.7 cm³/mol. The molecule has 0 radical (unpaired) electrons. The highest BCUT2D eigenvalue weighted by molar-refractivity contribution is 9.10. The van der Waals surface area contributed by atoms with Crippen molar-refractivity contribution in [3.63, 3.8) is 0 Å². The highest BCUT2D eigenvalue weighted by atomic mass is 79.9. The van der Waals surface area contributed by atoms with Gasteiger partial charge >= 0.3 is 5.97 Å². The zero-order valence-corrected chi connectivity index (χ0v) is 15.9. The fourth-order valence-electron chi connectivity index (χ4n) is 1.91. The molecule has 2 amide bonds. The van der Waals surface area contributed by atoms with Crippen LogP contribution in [0.5, 0.6) is 0 Å². The van der Waals surface area contributed by atoms with Crippen molar-refractivity contribution in [2.45, 2.75) is 13.3 Å². The molecule has 0 aliphatic carbocycles. The minimum Gasteiger partial charge on any atom is -0.456 e. The van der Waals surface area contributed by atoms with Gasteiger partial charge in [-0.2, -0.15) is 0 Å². The molecule has 1 aromatic carbocycles. The second kappa shape index (κ2) is 9.33. The first-order valence-electron chi connectivity index (χ1n) is 7.49. The van der Waals surface area contributed by atoms with E-state index >= 15 is 0 Å². The smallest absolute Gasteiger partial charge is 0.308 e. The number of halogens is 1. The van der Waals surface area contributed by atoms with Crippen LogP contribution in [0.3, 0.4) is 0 Å². The summed E-state index contributed by atoms with van der Waals surface area (Å²) in [4.78, 5) is 35.7. The molecule has 132 valence electrons. The van der Waals surface area contributed by atoms with Crippen molar-refractivity contribution in [2.24, 2.45) is 0 Å². The molecule has 1 heterocycles. The average Bonchev–Trinajstić information content (AvgIpc) is 3.11. The van der Waals surface area contributed by atoms with Crippen LogP contribution < -0.4 is 10.6 Å². The summed E-state index contributed by atoms with van der Waals surface area (Å²) in [6, 6.07) is 8.86. The van der Waals surface area contributed by atoms with Crippen molar-refractivity contribution in [3.8, 4) is 0 Å². The Balaban J connectivity index is 1.66. The number of anilines is 1. The van der Waals surface area contributed by atoms with Gasteiger partial charge in [0.15, 0.2) is 6.61 Å². The van der Waals surface area contributed by atoms with Crippen LogP contribution in [0.1, 0.15) is 21.7 Å². The van der Waals surface area contributed by atoms with Crippen molar-refractivity contribution >= 4 is 50.7 Å². The van der Waals surface area contributed by atoms with E-state index in [2.05, 4.69) is 26.6 Å². The summed E-state index contributed by atoms with van der Waals surface area (Å²) in [6.07, 6.45) is 0.00177. The van der Waals surface area contributed by atoms with Crippen molar-refractivity contribution in [2.75, 3.05) is 18.5 Å². The molecule has 0 aliphatic rings. The fraction of sp³-hybridized carbons (Fsp3) is 0.235. The summed E-state index contributed by atoms with van der Waals surface area (Å²) >= 11 is 4.70. The van der Waals surface area contributed by atoms with Gasteiger partial charge in [-0.05, 0) is 42.1 Å². The lowest BCUT2D eigenvalue weighted by molar-refractivity contribution is -0.147. The summed E-state index contributed by atoms with van der Waals surface area (Å²) in [6.45, 7) is 1.69. The summed E-state index contributed by atoms with van der Waals surface area (Å²) in [5.41, 5.74) is 1.61. The van der Waals surface area contributed by atoms with Gasteiger partial charge in [-0.25, -0.2) is 0 Å². The minimum absolute atomic E-state index is 0.00177. The van der Waals surface area contributed by atoms with Crippen molar-refractivity contribution < 1.29 is 19.1 Å². The molecule has 6 nitrogen and oxygen atoms in total. The van der Waals surface area contributed by atoms with Gasteiger partial charge in [0.2, 0.25) is 0 Å². The molecule has 2 rings (SSSR count). The van der Waals surface area contributed by atoms with E-state index in [1.165, 1.54) is 11.3 Å². The maximum Gasteiger partial charge on any atom is 0.308 e. The Kier molecular flexibility index (Phi) is 7.15. The largest absolute Gasteiger partial charge is 0.456 e. The quantitative estimate of drug-likeness (QED) is 0.668. The van der Waals surface area contributed by atoms with Gasteiger partial charge in [0.05, 0.1) is 11.3 Å². The van der Waals surface area contributed by atoms with Gasteiger partial charge in [0.1, 0.15) is 0 Å². The third kappa shape index (κ3) is 6.32. The van der Waals surface area contributed by atoms with E-state index in [4.69, 9.17) is 4.74 Å². The molecule has 2 N–H and O–H groups in total. The lowest BCUT2D eigenvalue weighted by Gasteiger charge is -2.08. The predicted octanol–water partition coefficient (Wildman–Crippen LogP) is 3.12. The lowest BCUT2D eigenvalue weighted by atomic mass is 10.2. The lowest BCUT2D eigenvalue weighted by Crippen LogP contribution is -2.27. The first-order valence-corrected chi connectivity index (χ1v) is 9.16. The number of esters is 1. The number of nitrogens with one attached hydrogen (secondary N) is 2. The molecule has 2 aromatic rings. The number of amides is 2. The van der Waals surface area contributed by atoms with E-state index in [1.807, 2.05) is 19.1 Å². The van der Waals surface area contributed by atoms with Crippen LogP contribution in [0.2, 0.25) is 0 Å². The molecule has 0 unspecified atom stereocenters. The zero-order chi connectivity index (χ0) is 18.2. The van der Waals surface area contributed by atoms with Crippen LogP contribution in [-0.2, 0) is 14.3 Å². The highest BCUT2D eigenvalue weighted by Crippen LogP contribution is 2.19. The van der Waals surface area contributed by atoms with Crippen molar-refractivity contribution in [3.05, 3.63) is 50.6 Å². The van der Waals surface area contributed by atoms with Gasteiger partial charge in [0, 0.05) is 16.7 Å². The van der Waals surface area contributed by atoms with E-state index in [0.717, 1.165) is 10.0 Å². The summed E-state index contributed by atoms with van der Waals surface area (Å²) in [5.74, 6) is -1.20. The molecular formula is C17H17BrN2O4S. The number of carbonyl (C=O) groups is 3. The monoisotopic (exact) mass is 424 g/mol. The first-order chi connectivity index (χ1) is 12.0. The minimum atomic E-state index is -0.548. The van der Waals surface area contributed by atoms with E-state index in [-0.39, 0.29) is 25.5 Å². The second-order valence-corrected chi connectivity index (χ2v) is 6.96. The number of ether oxygens (including phenoxy) is 1. The first kappa shape index (κ1) is 19.1. The Morgan fingerprint density at radius 1 is 1.24 bits per heavy atom. The van der Waals surface area contributed by atoms with E-state index in [9.17, 15) is 14.4 Å². The molecule has 0 bridgehead atoms. The number of hydrogen-bond acceptors (Lipinski definition) is 5. The van der Waals surface area contributed by atoms with Gasteiger partial charge < -0.3 is 15.4 Å². The second-order valence-electron chi connectivity index (χ2n) is 5.16. The van der Waals surface area contributed by atoms with Crippen LogP contribution in [-0.4, -0.2) is 30.9 Å². The number of aryl methyl sites for hydroxylation is 1. The molecule has 25 heavy (non-hydrogen) atoms. The standard InChI is InChI=1S/C17H17BrN2O4S/c1-11-9-12(4-5-13(11)18)20-15(21)10-24-16(22)6-7-19-17(23)14-3-2-8-25-14/h2-5,8-9H,6-7,10H2,1H3,(H,19,23)(H,20,21). The highest BCUT2D eigenvalue weighted by Gasteiger charge is 2.10. The normalized spacial score (nSPS) is 10.2. The molecule has 0 saturated carbocycles. The molecule has 0 aliphatic heterocycles. The molecule has 8 heteroatoms. The number of hydrogen-bond donors (Lipinski definition) is 2. The number of thiophene rings is 1. The topological polar surface area (TPSA) is 84.5 Å². The number of carbonyl (C=O) groups excluding carboxylic acids is 3. The van der Waals surface area contributed by atoms with Crippen LogP contribution >= 0.6 is 27.3 Å². The maximum absolute atomic E-state index is 11.8. The Labute approximate surface area is 157 Å². The third-order valence-electron chi connectivity index (χ3n) is 3.17. The van der Waals surface area contributed by atoms with Crippen LogP contribution in [0.25, 0.3) is 0 Å². The molecule has 0 fully saturated rings. The summed E-state index contributed by atoms with van der Waals surface area (Å²) < 4.78 is 5.84. The van der Waals surface area contributed by atoms with Gasteiger partial charge in [0.25, 0.3) is 11.8 Å². The molecule has 0 saturated heterocycles. The maximum atomic E-state index is 11.8. The third-order valence-corrected chi connectivity index (χ3v) is 4.92. The molecule has 1 aromatic heterocycles. The fourth-order valence-corrected chi connectivity index (χ4v) is 2.80. The Bertz CT molecular complexity index is 762. The summed E-state index contributed by atoms with van der Waals surface area (Å²) in [5, 5.41) is 7.07. The molecular weight excluding hydrogens is 408 g/mol. The van der Waals surface area contributed by atoms with Gasteiger partial charge in [-0.1, -0.05) is 22.0 Å².